The molecule has 0 bridgehead atoms. The number of nitrogen functional groups attached to an aromatic ring is 1. The lowest BCUT2D eigenvalue weighted by Crippen LogP contribution is -2.22. The van der Waals surface area contributed by atoms with E-state index in [2.05, 4.69) is 20.5 Å². The van der Waals surface area contributed by atoms with Crippen molar-refractivity contribution < 1.29 is 9.18 Å². The third-order valence-corrected chi connectivity index (χ3v) is 3.21. The third-order valence-electron chi connectivity index (χ3n) is 2.25. The van der Waals surface area contributed by atoms with E-state index in [0.29, 0.717) is 10.8 Å². The highest BCUT2D eigenvalue weighted by atomic mass is 32.2. The van der Waals surface area contributed by atoms with E-state index in [1.54, 1.807) is 6.92 Å². The smallest absolute Gasteiger partial charge is 0.237 e. The summed E-state index contributed by atoms with van der Waals surface area (Å²) < 4.78 is 12.7. The van der Waals surface area contributed by atoms with Gasteiger partial charge in [0.15, 0.2) is 0 Å². The van der Waals surface area contributed by atoms with Gasteiger partial charge in [0.1, 0.15) is 5.82 Å². The van der Waals surface area contributed by atoms with Gasteiger partial charge in [-0.1, -0.05) is 11.8 Å². The number of aromatic amines is 1. The number of H-pyrrole nitrogens is 1. The molecule has 100 valence electrons. The zero-order valence-electron chi connectivity index (χ0n) is 10.1. The highest BCUT2D eigenvalue weighted by Crippen LogP contribution is 2.20. The first-order chi connectivity index (χ1) is 9.04. The molecule has 6 nitrogen and oxygen atoms in total. The minimum absolute atomic E-state index is 0.202. The molecular formula is C11H12FN5OS. The van der Waals surface area contributed by atoms with Crippen molar-refractivity contribution in [1.29, 1.82) is 0 Å². The summed E-state index contributed by atoms with van der Waals surface area (Å²) in [5.41, 5.74) is 5.93. The molecule has 0 saturated heterocycles. The minimum Gasteiger partial charge on any atom is -0.368 e. The van der Waals surface area contributed by atoms with E-state index >= 15 is 0 Å². The molecule has 0 aliphatic carbocycles. The fourth-order valence-corrected chi connectivity index (χ4v) is 2.03. The Morgan fingerprint density at radius 2 is 2.16 bits per heavy atom. The standard InChI is InChI=1S/C11H12FN5OS/c1-6(19-11-15-10(13)16-17-11)9(18)14-8-4-2-7(12)3-5-8/h2-6H,1H3,(H,14,18)(H3,13,15,16,17). The van der Waals surface area contributed by atoms with Crippen molar-refractivity contribution in [2.75, 3.05) is 11.1 Å². The van der Waals surface area contributed by atoms with Crippen LogP contribution in [0.2, 0.25) is 0 Å². The van der Waals surface area contributed by atoms with Crippen molar-refractivity contribution in [1.82, 2.24) is 15.2 Å². The van der Waals surface area contributed by atoms with Crippen molar-refractivity contribution in [3.8, 4) is 0 Å². The Bertz CT molecular complexity index is 571. The largest absolute Gasteiger partial charge is 0.368 e. The molecule has 0 aliphatic rings. The van der Waals surface area contributed by atoms with E-state index < -0.39 is 5.25 Å². The molecule has 2 rings (SSSR count). The van der Waals surface area contributed by atoms with Gasteiger partial charge in [-0.3, -0.25) is 4.79 Å². The molecule has 1 aromatic carbocycles. The van der Waals surface area contributed by atoms with Crippen LogP contribution in [0.25, 0.3) is 0 Å². The van der Waals surface area contributed by atoms with Gasteiger partial charge in [0.25, 0.3) is 0 Å². The lowest BCUT2D eigenvalue weighted by Gasteiger charge is -2.09. The van der Waals surface area contributed by atoms with E-state index in [1.807, 2.05) is 0 Å². The summed E-state index contributed by atoms with van der Waals surface area (Å²) in [6, 6.07) is 5.55. The van der Waals surface area contributed by atoms with Crippen molar-refractivity contribution >= 4 is 29.3 Å². The second-order valence-corrected chi connectivity index (χ2v) is 5.07. The third kappa shape index (κ3) is 3.68. The van der Waals surface area contributed by atoms with E-state index in [1.165, 1.54) is 36.0 Å². The van der Waals surface area contributed by atoms with Gasteiger partial charge < -0.3 is 11.1 Å². The molecule has 19 heavy (non-hydrogen) atoms. The van der Waals surface area contributed by atoms with Crippen LogP contribution in [0.5, 0.6) is 0 Å². The summed E-state index contributed by atoms with van der Waals surface area (Å²) in [6.45, 7) is 1.72. The first kappa shape index (κ1) is 13.3. The van der Waals surface area contributed by atoms with Crippen LogP contribution in [0, 0.1) is 5.82 Å². The van der Waals surface area contributed by atoms with Crippen LogP contribution in [0.4, 0.5) is 16.0 Å². The predicted molar refractivity (Wildman–Crippen MR) is 71.1 cm³/mol. The SMILES string of the molecule is CC(Sc1n[nH]c(N)n1)C(=O)Nc1ccc(F)cc1. The fourth-order valence-electron chi connectivity index (χ4n) is 1.30. The molecule has 1 amide bonds. The van der Waals surface area contributed by atoms with Crippen molar-refractivity contribution in [3.63, 3.8) is 0 Å². The van der Waals surface area contributed by atoms with Crippen molar-refractivity contribution in [3.05, 3.63) is 30.1 Å². The Morgan fingerprint density at radius 3 is 2.74 bits per heavy atom. The lowest BCUT2D eigenvalue weighted by atomic mass is 10.3. The number of hydrogen-bond donors (Lipinski definition) is 3. The topological polar surface area (TPSA) is 96.7 Å². The van der Waals surface area contributed by atoms with Gasteiger partial charge >= 0.3 is 0 Å². The Morgan fingerprint density at radius 1 is 1.47 bits per heavy atom. The molecule has 1 aromatic heterocycles. The molecule has 1 atom stereocenters. The number of halogens is 1. The Balaban J connectivity index is 1.94. The van der Waals surface area contributed by atoms with Crippen LogP contribution in [-0.2, 0) is 4.79 Å². The summed E-state index contributed by atoms with van der Waals surface area (Å²) >= 11 is 1.18. The molecule has 8 heteroatoms. The zero-order valence-corrected chi connectivity index (χ0v) is 10.9. The van der Waals surface area contributed by atoms with Crippen molar-refractivity contribution in [2.45, 2.75) is 17.3 Å². The van der Waals surface area contributed by atoms with Gasteiger partial charge in [-0.2, -0.15) is 4.98 Å². The number of rotatable bonds is 4. The molecular weight excluding hydrogens is 269 g/mol. The Kier molecular flexibility index (Phi) is 4.00. The van der Waals surface area contributed by atoms with Gasteiger partial charge in [-0.05, 0) is 31.2 Å². The average Bonchev–Trinajstić information content (AvgIpc) is 2.77. The molecule has 0 fully saturated rings. The Labute approximate surface area is 113 Å². The monoisotopic (exact) mass is 281 g/mol. The minimum atomic E-state index is -0.403. The number of carbonyl (C=O) groups is 1. The number of thioether (sulfide) groups is 1. The highest BCUT2D eigenvalue weighted by Gasteiger charge is 2.16. The maximum Gasteiger partial charge on any atom is 0.237 e. The van der Waals surface area contributed by atoms with Gasteiger partial charge in [0, 0.05) is 5.69 Å². The van der Waals surface area contributed by atoms with Crippen LogP contribution >= 0.6 is 11.8 Å². The lowest BCUT2D eigenvalue weighted by molar-refractivity contribution is -0.115. The van der Waals surface area contributed by atoms with Crippen LogP contribution in [0.3, 0.4) is 0 Å². The van der Waals surface area contributed by atoms with Gasteiger partial charge in [-0.25, -0.2) is 9.49 Å². The number of hydrogen-bond acceptors (Lipinski definition) is 5. The normalized spacial score (nSPS) is 12.1. The number of amides is 1. The first-order valence-corrected chi connectivity index (χ1v) is 6.33. The van der Waals surface area contributed by atoms with Gasteiger partial charge in [-0.15, -0.1) is 5.10 Å². The van der Waals surface area contributed by atoms with E-state index in [-0.39, 0.29) is 17.7 Å². The number of nitrogens with zero attached hydrogens (tertiary/aromatic N) is 2. The maximum absolute atomic E-state index is 12.7. The van der Waals surface area contributed by atoms with Crippen LogP contribution in [-0.4, -0.2) is 26.3 Å². The van der Waals surface area contributed by atoms with Crippen LogP contribution in [0.1, 0.15) is 6.92 Å². The zero-order chi connectivity index (χ0) is 13.8. The second-order valence-electron chi connectivity index (χ2n) is 3.76. The average molecular weight is 281 g/mol. The molecule has 0 aliphatic heterocycles. The summed E-state index contributed by atoms with van der Waals surface area (Å²) in [6.07, 6.45) is 0. The molecule has 0 saturated carbocycles. The van der Waals surface area contributed by atoms with Crippen LogP contribution < -0.4 is 11.1 Å². The number of nitrogens with one attached hydrogen (secondary N) is 2. The molecule has 4 N–H and O–H groups in total. The second kappa shape index (κ2) is 5.70. The number of nitrogens with two attached hydrogens (primary N) is 1. The summed E-state index contributed by atoms with van der Waals surface area (Å²) in [5.74, 6) is -0.370. The molecule has 0 spiro atoms. The molecule has 1 unspecified atom stereocenters. The van der Waals surface area contributed by atoms with Gasteiger partial charge in [0.2, 0.25) is 17.0 Å². The number of aromatic nitrogens is 3. The van der Waals surface area contributed by atoms with Crippen LogP contribution in [0.15, 0.2) is 29.4 Å². The predicted octanol–water partition coefficient (Wildman–Crippen LogP) is 1.65. The summed E-state index contributed by atoms with van der Waals surface area (Å²) in [5, 5.41) is 8.99. The number of carbonyl (C=O) groups excluding carboxylic acids is 1. The molecule has 1 heterocycles. The number of benzene rings is 1. The molecule has 0 radical (unpaired) electrons. The van der Waals surface area contributed by atoms with Crippen molar-refractivity contribution in [2.24, 2.45) is 0 Å². The quantitative estimate of drug-likeness (QED) is 0.740. The van der Waals surface area contributed by atoms with E-state index in [4.69, 9.17) is 5.73 Å². The van der Waals surface area contributed by atoms with E-state index in [9.17, 15) is 9.18 Å². The maximum atomic E-state index is 12.7. The fraction of sp³-hybridized carbons (Fsp3) is 0.182. The summed E-state index contributed by atoms with van der Waals surface area (Å²) in [4.78, 5) is 15.8. The molecule has 2 aromatic rings. The van der Waals surface area contributed by atoms with Gasteiger partial charge in [0.05, 0.1) is 5.25 Å². The summed E-state index contributed by atoms with van der Waals surface area (Å²) in [7, 11) is 0. The van der Waals surface area contributed by atoms with E-state index in [0.717, 1.165) is 0 Å². The number of anilines is 2. The Hall–Kier alpha value is -2.09. The first-order valence-electron chi connectivity index (χ1n) is 5.45. The highest BCUT2D eigenvalue weighted by molar-refractivity contribution is 8.00.